The second-order valence-corrected chi connectivity index (χ2v) is 8.66. The number of piperidine rings is 1. The van der Waals surface area contributed by atoms with Crippen LogP contribution in [0.1, 0.15) is 24.8 Å². The highest BCUT2D eigenvalue weighted by atomic mass is 32.2. The zero-order valence-corrected chi connectivity index (χ0v) is 14.2. The summed E-state index contributed by atoms with van der Waals surface area (Å²) in [5.74, 6) is -1.09. The Kier molecular flexibility index (Phi) is 3.40. The number of carbonyl (C=O) groups is 1. The van der Waals surface area contributed by atoms with Gasteiger partial charge in [-0.25, -0.2) is 12.8 Å². The molecule has 3 atom stereocenters. The van der Waals surface area contributed by atoms with Crippen LogP contribution in [0, 0.1) is 5.82 Å². The molecule has 2 heterocycles. The van der Waals surface area contributed by atoms with E-state index in [0.717, 1.165) is 12.1 Å². The zero-order valence-electron chi connectivity index (χ0n) is 13.4. The van der Waals surface area contributed by atoms with Crippen molar-refractivity contribution in [1.29, 1.82) is 0 Å². The van der Waals surface area contributed by atoms with Gasteiger partial charge in [-0.3, -0.25) is 4.79 Å². The lowest BCUT2D eigenvalue weighted by atomic mass is 9.81. The van der Waals surface area contributed by atoms with Gasteiger partial charge in [0.15, 0.2) is 20.8 Å². The van der Waals surface area contributed by atoms with Crippen molar-refractivity contribution in [2.24, 2.45) is 0 Å². The van der Waals surface area contributed by atoms with Gasteiger partial charge >= 0.3 is 0 Å². The van der Waals surface area contributed by atoms with Crippen LogP contribution >= 0.6 is 0 Å². The number of amides is 1. The first-order valence-electron chi connectivity index (χ1n) is 7.90. The molecule has 1 amide bonds. The van der Waals surface area contributed by atoms with Gasteiger partial charge in [0, 0.05) is 12.3 Å². The lowest BCUT2D eigenvalue weighted by Crippen LogP contribution is -2.63. The molecule has 130 valence electrons. The molecule has 2 bridgehead atoms. The quantitative estimate of drug-likeness (QED) is 0.834. The van der Waals surface area contributed by atoms with Crippen molar-refractivity contribution >= 4 is 15.7 Å². The molecule has 0 unspecified atom stereocenters. The molecule has 25 heavy (non-hydrogen) atoms. The molecule has 2 aliphatic heterocycles. The SMILES string of the molecule is C[C@@]12C[C@@H](c3ccccc3O1)[C@@H](S(=O)(=O)c1ccc(F)cc1)C(=O)N2. The minimum atomic E-state index is -3.98. The van der Waals surface area contributed by atoms with Crippen molar-refractivity contribution in [3.05, 3.63) is 59.9 Å². The van der Waals surface area contributed by atoms with E-state index >= 15 is 0 Å². The Hall–Kier alpha value is -2.41. The van der Waals surface area contributed by atoms with E-state index in [4.69, 9.17) is 4.74 Å². The highest BCUT2D eigenvalue weighted by Gasteiger charge is 2.53. The number of fused-ring (bicyclic) bond motifs is 4. The van der Waals surface area contributed by atoms with Crippen LogP contribution in [0.4, 0.5) is 4.39 Å². The number of para-hydroxylation sites is 1. The predicted octanol–water partition coefficient (Wildman–Crippen LogP) is 2.38. The van der Waals surface area contributed by atoms with E-state index < -0.39 is 38.5 Å². The zero-order chi connectivity index (χ0) is 17.8. The smallest absolute Gasteiger partial charge is 0.242 e. The Labute approximate surface area is 144 Å². The molecule has 0 aromatic heterocycles. The Morgan fingerprint density at radius 1 is 1.16 bits per heavy atom. The Morgan fingerprint density at radius 3 is 2.56 bits per heavy atom. The van der Waals surface area contributed by atoms with Crippen LogP contribution in [-0.2, 0) is 14.6 Å². The van der Waals surface area contributed by atoms with Gasteiger partial charge < -0.3 is 10.1 Å². The van der Waals surface area contributed by atoms with Gasteiger partial charge in [0.25, 0.3) is 0 Å². The highest BCUT2D eigenvalue weighted by molar-refractivity contribution is 7.92. The highest BCUT2D eigenvalue weighted by Crippen LogP contribution is 2.46. The predicted molar refractivity (Wildman–Crippen MR) is 88.3 cm³/mol. The molecular weight excluding hydrogens is 345 g/mol. The number of hydrogen-bond acceptors (Lipinski definition) is 4. The maximum Gasteiger partial charge on any atom is 0.242 e. The molecular formula is C18H16FNO4S. The summed E-state index contributed by atoms with van der Waals surface area (Å²) in [7, 11) is -3.98. The van der Waals surface area contributed by atoms with Crippen molar-refractivity contribution in [3.63, 3.8) is 0 Å². The number of benzene rings is 2. The molecule has 2 aromatic carbocycles. The first kappa shape index (κ1) is 16.1. The molecule has 1 N–H and O–H groups in total. The van der Waals surface area contributed by atoms with Crippen LogP contribution in [0.2, 0.25) is 0 Å². The number of rotatable bonds is 2. The van der Waals surface area contributed by atoms with Gasteiger partial charge in [-0.2, -0.15) is 0 Å². The van der Waals surface area contributed by atoms with E-state index in [1.54, 1.807) is 31.2 Å². The summed E-state index contributed by atoms with van der Waals surface area (Å²) in [4.78, 5) is 12.6. The van der Waals surface area contributed by atoms with Gasteiger partial charge in [-0.05, 0) is 42.8 Å². The third kappa shape index (κ3) is 2.50. The van der Waals surface area contributed by atoms with Gasteiger partial charge in [0.2, 0.25) is 5.91 Å². The fourth-order valence-electron chi connectivity index (χ4n) is 3.68. The minimum Gasteiger partial charge on any atom is -0.468 e. The summed E-state index contributed by atoms with van der Waals surface area (Å²) in [6, 6.07) is 11.7. The van der Waals surface area contributed by atoms with E-state index in [1.165, 1.54) is 12.1 Å². The summed E-state index contributed by atoms with van der Waals surface area (Å²) >= 11 is 0. The molecule has 0 aliphatic carbocycles. The van der Waals surface area contributed by atoms with Crippen LogP contribution in [0.3, 0.4) is 0 Å². The van der Waals surface area contributed by atoms with Crippen molar-refractivity contribution in [3.8, 4) is 5.75 Å². The standard InChI is InChI=1S/C18H16FNO4S/c1-18-10-14(13-4-2-3-5-15(13)24-18)16(17(21)20-18)25(22,23)12-8-6-11(19)7-9-12/h2-9,14,16H,10H2,1H3,(H,20,21)/t14-,16+,18-/m0/s1. The molecule has 2 aromatic rings. The van der Waals surface area contributed by atoms with Crippen molar-refractivity contribution in [2.75, 3.05) is 0 Å². The summed E-state index contributed by atoms with van der Waals surface area (Å²) in [5, 5.41) is 1.41. The van der Waals surface area contributed by atoms with Crippen molar-refractivity contribution in [1.82, 2.24) is 5.32 Å². The maximum absolute atomic E-state index is 13.2. The fraction of sp³-hybridized carbons (Fsp3) is 0.278. The molecule has 0 radical (unpaired) electrons. The monoisotopic (exact) mass is 361 g/mol. The molecule has 5 nitrogen and oxygen atoms in total. The normalized spacial score (nSPS) is 27.8. The first-order valence-corrected chi connectivity index (χ1v) is 9.44. The van der Waals surface area contributed by atoms with E-state index in [0.29, 0.717) is 17.7 Å². The van der Waals surface area contributed by atoms with Gasteiger partial charge in [-0.15, -0.1) is 0 Å². The molecule has 0 saturated carbocycles. The Morgan fingerprint density at radius 2 is 1.84 bits per heavy atom. The second kappa shape index (κ2) is 5.29. The molecule has 0 spiro atoms. The summed E-state index contributed by atoms with van der Waals surface area (Å²) in [6.45, 7) is 1.73. The van der Waals surface area contributed by atoms with E-state index in [2.05, 4.69) is 5.32 Å². The third-order valence-corrected chi connectivity index (χ3v) is 6.89. The molecule has 2 aliphatic rings. The summed E-state index contributed by atoms with van der Waals surface area (Å²) in [5.41, 5.74) is -0.240. The van der Waals surface area contributed by atoms with Crippen LogP contribution < -0.4 is 10.1 Å². The average molecular weight is 361 g/mol. The maximum atomic E-state index is 13.2. The molecule has 1 saturated heterocycles. The van der Waals surface area contributed by atoms with E-state index in [9.17, 15) is 17.6 Å². The molecule has 7 heteroatoms. The Bertz CT molecular complexity index is 957. The van der Waals surface area contributed by atoms with Crippen LogP contribution in [0.15, 0.2) is 53.4 Å². The topological polar surface area (TPSA) is 72.5 Å². The lowest BCUT2D eigenvalue weighted by molar-refractivity contribution is -0.132. The lowest BCUT2D eigenvalue weighted by Gasteiger charge is -2.46. The summed E-state index contributed by atoms with van der Waals surface area (Å²) in [6.07, 6.45) is 0.348. The fourth-order valence-corrected chi connectivity index (χ4v) is 5.51. The average Bonchev–Trinajstić information content (AvgIpc) is 2.54. The largest absolute Gasteiger partial charge is 0.468 e. The molecule has 1 fully saturated rings. The number of nitrogens with one attached hydrogen (secondary N) is 1. The number of sulfone groups is 1. The number of ether oxygens (including phenoxy) is 1. The van der Waals surface area contributed by atoms with Gasteiger partial charge in [0.1, 0.15) is 11.6 Å². The second-order valence-electron chi connectivity index (χ2n) is 6.59. The number of carbonyl (C=O) groups excluding carboxylic acids is 1. The summed E-state index contributed by atoms with van der Waals surface area (Å²) < 4.78 is 45.2. The van der Waals surface area contributed by atoms with E-state index in [-0.39, 0.29) is 4.90 Å². The first-order chi connectivity index (χ1) is 11.8. The Balaban J connectivity index is 1.85. The van der Waals surface area contributed by atoms with Crippen LogP contribution in [0.5, 0.6) is 5.75 Å². The van der Waals surface area contributed by atoms with E-state index in [1.807, 2.05) is 0 Å². The van der Waals surface area contributed by atoms with Crippen molar-refractivity contribution < 1.29 is 22.3 Å². The van der Waals surface area contributed by atoms with Crippen LogP contribution in [0.25, 0.3) is 0 Å². The number of halogens is 1. The van der Waals surface area contributed by atoms with Crippen molar-refractivity contribution in [2.45, 2.75) is 35.1 Å². The van der Waals surface area contributed by atoms with Crippen LogP contribution in [-0.4, -0.2) is 25.3 Å². The van der Waals surface area contributed by atoms with Gasteiger partial charge in [-0.1, -0.05) is 18.2 Å². The number of hydrogen-bond donors (Lipinski definition) is 1. The minimum absolute atomic E-state index is 0.0679. The van der Waals surface area contributed by atoms with Gasteiger partial charge in [0.05, 0.1) is 4.90 Å². The third-order valence-electron chi connectivity index (χ3n) is 4.75. The molecule has 4 rings (SSSR count).